The van der Waals surface area contributed by atoms with Gasteiger partial charge in [0.2, 0.25) is 5.65 Å². The van der Waals surface area contributed by atoms with E-state index in [2.05, 4.69) is 33.7 Å². The van der Waals surface area contributed by atoms with Gasteiger partial charge in [-0.1, -0.05) is 6.92 Å². The lowest BCUT2D eigenvalue weighted by Gasteiger charge is -2.11. The first-order valence-electron chi connectivity index (χ1n) is 5.61. The molecule has 0 bridgehead atoms. The summed E-state index contributed by atoms with van der Waals surface area (Å²) in [7, 11) is 0. The smallest absolute Gasteiger partial charge is 0.203 e. The van der Waals surface area contributed by atoms with Gasteiger partial charge >= 0.3 is 0 Å². The van der Waals surface area contributed by atoms with Gasteiger partial charge in [-0.3, -0.25) is 4.40 Å². The summed E-state index contributed by atoms with van der Waals surface area (Å²) in [5, 5.41) is 11.5. The second-order valence-electron chi connectivity index (χ2n) is 4.16. The van der Waals surface area contributed by atoms with Crippen LogP contribution in [0.15, 0.2) is 12.4 Å². The molecule has 0 amide bonds. The van der Waals surface area contributed by atoms with E-state index < -0.39 is 0 Å². The summed E-state index contributed by atoms with van der Waals surface area (Å²) in [6.45, 7) is 5.05. The molecule has 2 aromatic heterocycles. The second kappa shape index (κ2) is 5.35. The lowest BCUT2D eigenvalue weighted by atomic mass is 10.2. The Balaban J connectivity index is 2.13. The summed E-state index contributed by atoms with van der Waals surface area (Å²) in [5.41, 5.74) is 0.793. The minimum atomic E-state index is 0.607. The first-order valence-corrected chi connectivity index (χ1v) is 7.01. The molecule has 0 aliphatic heterocycles. The summed E-state index contributed by atoms with van der Waals surface area (Å²) in [5.74, 6) is 3.43. The van der Waals surface area contributed by atoms with E-state index in [4.69, 9.17) is 0 Å². The van der Waals surface area contributed by atoms with Crippen molar-refractivity contribution in [1.82, 2.24) is 19.6 Å². The first-order chi connectivity index (χ1) is 8.22. The van der Waals surface area contributed by atoms with Crippen LogP contribution in [-0.4, -0.2) is 38.1 Å². The van der Waals surface area contributed by atoms with Gasteiger partial charge in [-0.05, 0) is 24.9 Å². The highest BCUT2D eigenvalue weighted by Gasteiger charge is 2.08. The van der Waals surface area contributed by atoms with Gasteiger partial charge in [-0.2, -0.15) is 11.8 Å². The third kappa shape index (κ3) is 2.69. The topological polar surface area (TPSA) is 55.1 Å². The van der Waals surface area contributed by atoms with Crippen molar-refractivity contribution >= 4 is 23.2 Å². The molecule has 1 atom stereocenters. The van der Waals surface area contributed by atoms with Gasteiger partial charge in [-0.15, -0.1) is 10.2 Å². The van der Waals surface area contributed by atoms with Gasteiger partial charge in [0.25, 0.3) is 0 Å². The van der Waals surface area contributed by atoms with E-state index in [0.717, 1.165) is 29.6 Å². The number of aryl methyl sites for hydroxylation is 1. The van der Waals surface area contributed by atoms with Crippen LogP contribution in [0.5, 0.6) is 0 Å². The average Bonchev–Trinajstić information content (AvgIpc) is 2.70. The predicted molar refractivity (Wildman–Crippen MR) is 71.6 cm³/mol. The number of nitrogens with zero attached hydrogens (tertiary/aromatic N) is 4. The molecule has 0 fully saturated rings. The van der Waals surface area contributed by atoms with Gasteiger partial charge in [0.1, 0.15) is 5.82 Å². The van der Waals surface area contributed by atoms with E-state index in [1.165, 1.54) is 0 Å². The molecule has 0 aliphatic rings. The van der Waals surface area contributed by atoms with Gasteiger partial charge in [0.15, 0.2) is 5.82 Å². The quantitative estimate of drug-likeness (QED) is 0.879. The first kappa shape index (κ1) is 12.2. The zero-order valence-corrected chi connectivity index (χ0v) is 11.2. The maximum Gasteiger partial charge on any atom is 0.203 e. The van der Waals surface area contributed by atoms with E-state index >= 15 is 0 Å². The highest BCUT2D eigenvalue weighted by Crippen LogP contribution is 2.13. The Morgan fingerprint density at radius 3 is 3.06 bits per heavy atom. The molecular formula is C11H17N5S. The van der Waals surface area contributed by atoms with Crippen LogP contribution in [-0.2, 0) is 0 Å². The Kier molecular flexibility index (Phi) is 3.83. The molecule has 2 rings (SSSR count). The van der Waals surface area contributed by atoms with Crippen LogP contribution in [0.3, 0.4) is 0 Å². The molecule has 5 nitrogen and oxygen atoms in total. The van der Waals surface area contributed by atoms with Crippen LogP contribution in [0.25, 0.3) is 5.65 Å². The van der Waals surface area contributed by atoms with Crippen LogP contribution < -0.4 is 5.32 Å². The summed E-state index contributed by atoms with van der Waals surface area (Å²) in [6.07, 6.45) is 5.77. The fourth-order valence-corrected chi connectivity index (χ4v) is 2.37. The Morgan fingerprint density at radius 1 is 1.47 bits per heavy atom. The summed E-state index contributed by atoms with van der Waals surface area (Å²) in [6, 6.07) is 0. The molecule has 0 saturated heterocycles. The van der Waals surface area contributed by atoms with Gasteiger partial charge < -0.3 is 5.32 Å². The number of hydrogen-bond acceptors (Lipinski definition) is 5. The number of thioether (sulfide) groups is 1. The number of anilines is 1. The molecule has 92 valence electrons. The third-order valence-electron chi connectivity index (χ3n) is 2.57. The number of fused-ring (bicyclic) bond motifs is 1. The lowest BCUT2D eigenvalue weighted by Crippen LogP contribution is -2.14. The Labute approximate surface area is 105 Å². The van der Waals surface area contributed by atoms with Crippen molar-refractivity contribution in [2.75, 3.05) is 23.9 Å². The zero-order chi connectivity index (χ0) is 12.3. The number of aromatic nitrogens is 4. The highest BCUT2D eigenvalue weighted by atomic mass is 32.2. The van der Waals surface area contributed by atoms with Gasteiger partial charge in [0.05, 0.1) is 0 Å². The van der Waals surface area contributed by atoms with Crippen molar-refractivity contribution in [2.24, 2.45) is 5.92 Å². The maximum atomic E-state index is 4.31. The molecule has 6 heteroatoms. The SMILES string of the molecule is CSCC(C)CNc1nccn2c(C)nnc12. The fourth-order valence-electron chi connectivity index (χ4n) is 1.68. The predicted octanol–water partition coefficient (Wildman–Crippen LogP) is 1.84. The van der Waals surface area contributed by atoms with Gasteiger partial charge in [-0.25, -0.2) is 4.98 Å². The van der Waals surface area contributed by atoms with E-state index in [1.807, 2.05) is 29.3 Å². The Hall–Kier alpha value is -1.30. The Bertz CT molecular complexity index is 496. The van der Waals surface area contributed by atoms with E-state index in [-0.39, 0.29) is 0 Å². The average molecular weight is 251 g/mol. The van der Waals surface area contributed by atoms with Crippen molar-refractivity contribution in [1.29, 1.82) is 0 Å². The zero-order valence-electron chi connectivity index (χ0n) is 10.3. The molecule has 0 spiro atoms. The number of nitrogens with one attached hydrogen (secondary N) is 1. The largest absolute Gasteiger partial charge is 0.367 e. The molecule has 1 N–H and O–H groups in total. The van der Waals surface area contributed by atoms with E-state index in [9.17, 15) is 0 Å². The van der Waals surface area contributed by atoms with Crippen LogP contribution in [0.4, 0.5) is 5.82 Å². The van der Waals surface area contributed by atoms with Crippen molar-refractivity contribution < 1.29 is 0 Å². The second-order valence-corrected chi connectivity index (χ2v) is 5.07. The molecule has 0 radical (unpaired) electrons. The van der Waals surface area contributed by atoms with Crippen molar-refractivity contribution in [3.05, 3.63) is 18.2 Å². The van der Waals surface area contributed by atoms with Crippen LogP contribution in [0.2, 0.25) is 0 Å². The van der Waals surface area contributed by atoms with Crippen molar-refractivity contribution in [3.63, 3.8) is 0 Å². The summed E-state index contributed by atoms with van der Waals surface area (Å²) >= 11 is 1.86. The fraction of sp³-hybridized carbons (Fsp3) is 0.545. The minimum absolute atomic E-state index is 0.607. The monoisotopic (exact) mass is 251 g/mol. The Morgan fingerprint density at radius 2 is 2.29 bits per heavy atom. The van der Waals surface area contributed by atoms with Crippen LogP contribution >= 0.6 is 11.8 Å². The van der Waals surface area contributed by atoms with Crippen molar-refractivity contribution in [3.8, 4) is 0 Å². The molecule has 0 saturated carbocycles. The molecule has 17 heavy (non-hydrogen) atoms. The van der Waals surface area contributed by atoms with Crippen LogP contribution in [0, 0.1) is 12.8 Å². The lowest BCUT2D eigenvalue weighted by molar-refractivity contribution is 0.699. The van der Waals surface area contributed by atoms with E-state index in [1.54, 1.807) is 6.20 Å². The summed E-state index contributed by atoms with van der Waals surface area (Å²) in [4.78, 5) is 4.31. The molecule has 0 aromatic carbocycles. The van der Waals surface area contributed by atoms with Crippen LogP contribution in [0.1, 0.15) is 12.7 Å². The third-order valence-corrected chi connectivity index (χ3v) is 3.47. The molecule has 2 aromatic rings. The molecular weight excluding hydrogens is 234 g/mol. The summed E-state index contributed by atoms with van der Waals surface area (Å²) < 4.78 is 1.94. The normalized spacial score (nSPS) is 12.9. The molecule has 2 heterocycles. The van der Waals surface area contributed by atoms with E-state index in [0.29, 0.717) is 5.92 Å². The number of hydrogen-bond donors (Lipinski definition) is 1. The number of rotatable bonds is 5. The standard InChI is InChI=1S/C11H17N5S/c1-8(7-17-3)6-13-10-11-15-14-9(2)16(11)5-4-12-10/h4-5,8H,6-7H2,1-3H3,(H,12,13). The highest BCUT2D eigenvalue weighted by molar-refractivity contribution is 7.98. The van der Waals surface area contributed by atoms with Crippen molar-refractivity contribution in [2.45, 2.75) is 13.8 Å². The maximum absolute atomic E-state index is 4.31. The van der Waals surface area contributed by atoms with Gasteiger partial charge in [0, 0.05) is 18.9 Å². The molecule has 0 aliphatic carbocycles. The minimum Gasteiger partial charge on any atom is -0.367 e. The molecule has 1 unspecified atom stereocenters.